The molecule has 1 atom stereocenters. The SMILES string of the molecule is Cc1nn(CC(C)C)c(C)c1CC(=O)NC(Cc1c[nH]c2ccccc12)C(=O)O. The van der Waals surface area contributed by atoms with Gasteiger partial charge in [0.1, 0.15) is 6.04 Å². The summed E-state index contributed by atoms with van der Waals surface area (Å²) in [6.07, 6.45) is 2.14. The summed E-state index contributed by atoms with van der Waals surface area (Å²) in [5.41, 5.74) is 4.43. The highest BCUT2D eigenvalue weighted by molar-refractivity contribution is 5.87. The first-order chi connectivity index (χ1) is 13.8. The van der Waals surface area contributed by atoms with E-state index in [1.807, 2.05) is 42.8 Å². The number of hydrogen-bond acceptors (Lipinski definition) is 3. The summed E-state index contributed by atoms with van der Waals surface area (Å²) in [6.45, 7) is 8.85. The number of aryl methyl sites for hydroxylation is 1. The number of carboxylic acids is 1. The molecule has 0 saturated carbocycles. The first-order valence-electron chi connectivity index (χ1n) is 9.86. The number of benzene rings is 1. The normalized spacial score (nSPS) is 12.4. The van der Waals surface area contributed by atoms with E-state index < -0.39 is 12.0 Å². The van der Waals surface area contributed by atoms with Gasteiger partial charge in [-0.3, -0.25) is 9.48 Å². The van der Waals surface area contributed by atoms with E-state index in [-0.39, 0.29) is 18.7 Å². The summed E-state index contributed by atoms with van der Waals surface area (Å²) in [4.78, 5) is 27.5. The topological polar surface area (TPSA) is 100 Å². The van der Waals surface area contributed by atoms with Crippen LogP contribution in [0.3, 0.4) is 0 Å². The van der Waals surface area contributed by atoms with Crippen molar-refractivity contribution < 1.29 is 14.7 Å². The number of aromatic amines is 1. The summed E-state index contributed by atoms with van der Waals surface area (Å²) in [7, 11) is 0. The van der Waals surface area contributed by atoms with Crippen molar-refractivity contribution in [1.29, 1.82) is 0 Å². The van der Waals surface area contributed by atoms with Crippen molar-refractivity contribution in [3.8, 4) is 0 Å². The fraction of sp³-hybridized carbons (Fsp3) is 0.409. The summed E-state index contributed by atoms with van der Waals surface area (Å²) in [5.74, 6) is -0.914. The zero-order chi connectivity index (χ0) is 21.1. The summed E-state index contributed by atoms with van der Waals surface area (Å²) < 4.78 is 1.92. The van der Waals surface area contributed by atoms with Crippen LogP contribution >= 0.6 is 0 Å². The van der Waals surface area contributed by atoms with Crippen LogP contribution in [0.4, 0.5) is 0 Å². The Morgan fingerprint density at radius 2 is 1.97 bits per heavy atom. The van der Waals surface area contributed by atoms with Crippen molar-refractivity contribution in [3.05, 3.63) is 53.0 Å². The molecule has 2 aromatic heterocycles. The molecule has 3 N–H and O–H groups in total. The largest absolute Gasteiger partial charge is 0.480 e. The highest BCUT2D eigenvalue weighted by Gasteiger charge is 2.23. The molecule has 0 saturated heterocycles. The first-order valence-corrected chi connectivity index (χ1v) is 9.86. The van der Waals surface area contributed by atoms with Gasteiger partial charge in [0.15, 0.2) is 0 Å². The Balaban J connectivity index is 1.72. The Labute approximate surface area is 170 Å². The molecule has 0 aliphatic heterocycles. The molecule has 0 aliphatic rings. The summed E-state index contributed by atoms with van der Waals surface area (Å²) in [6, 6.07) is 6.72. The molecule has 29 heavy (non-hydrogen) atoms. The Morgan fingerprint density at radius 3 is 2.66 bits per heavy atom. The quantitative estimate of drug-likeness (QED) is 0.545. The van der Waals surface area contributed by atoms with Crippen LogP contribution in [-0.2, 0) is 29.0 Å². The van der Waals surface area contributed by atoms with Gasteiger partial charge in [0.2, 0.25) is 5.91 Å². The molecule has 2 heterocycles. The van der Waals surface area contributed by atoms with Gasteiger partial charge in [-0.2, -0.15) is 5.10 Å². The predicted octanol–water partition coefficient (Wildman–Crippen LogP) is 2.99. The van der Waals surface area contributed by atoms with E-state index in [2.05, 4.69) is 29.2 Å². The Kier molecular flexibility index (Phi) is 6.06. The lowest BCUT2D eigenvalue weighted by Crippen LogP contribution is -2.43. The number of carbonyl (C=O) groups is 2. The number of amides is 1. The molecule has 154 valence electrons. The molecule has 0 fully saturated rings. The number of rotatable bonds is 8. The maximum Gasteiger partial charge on any atom is 0.326 e. The molecule has 0 radical (unpaired) electrons. The fourth-order valence-corrected chi connectivity index (χ4v) is 3.64. The number of para-hydroxylation sites is 1. The Bertz CT molecular complexity index is 1030. The van der Waals surface area contributed by atoms with Gasteiger partial charge in [0.05, 0.1) is 12.1 Å². The van der Waals surface area contributed by atoms with Crippen molar-refractivity contribution in [1.82, 2.24) is 20.1 Å². The van der Waals surface area contributed by atoms with Crippen LogP contribution in [0.15, 0.2) is 30.5 Å². The average Bonchev–Trinajstić information content (AvgIpc) is 3.17. The smallest absolute Gasteiger partial charge is 0.326 e. The molecule has 0 bridgehead atoms. The maximum atomic E-state index is 12.6. The van der Waals surface area contributed by atoms with Gasteiger partial charge >= 0.3 is 5.97 Å². The molecule has 1 unspecified atom stereocenters. The molecular weight excluding hydrogens is 368 g/mol. The number of carboxylic acid groups (broad SMARTS) is 1. The van der Waals surface area contributed by atoms with E-state index in [4.69, 9.17) is 0 Å². The Hall–Kier alpha value is -3.09. The number of aromatic nitrogens is 3. The molecule has 3 aromatic rings. The van der Waals surface area contributed by atoms with Crippen LogP contribution in [0.1, 0.15) is 36.4 Å². The minimum absolute atomic E-state index is 0.118. The third-order valence-electron chi connectivity index (χ3n) is 5.14. The van der Waals surface area contributed by atoms with E-state index in [1.165, 1.54) is 0 Å². The van der Waals surface area contributed by atoms with Crippen molar-refractivity contribution in [3.63, 3.8) is 0 Å². The molecule has 1 amide bonds. The fourth-order valence-electron chi connectivity index (χ4n) is 3.64. The predicted molar refractivity (Wildman–Crippen MR) is 112 cm³/mol. The number of carbonyl (C=O) groups excluding carboxylic acids is 1. The van der Waals surface area contributed by atoms with Crippen LogP contribution in [0.5, 0.6) is 0 Å². The van der Waals surface area contributed by atoms with Crippen LogP contribution in [0.2, 0.25) is 0 Å². The van der Waals surface area contributed by atoms with Crippen molar-refractivity contribution in [2.45, 2.75) is 53.1 Å². The van der Waals surface area contributed by atoms with E-state index >= 15 is 0 Å². The van der Waals surface area contributed by atoms with E-state index in [0.29, 0.717) is 5.92 Å². The van der Waals surface area contributed by atoms with Gasteiger partial charge in [0.25, 0.3) is 0 Å². The lowest BCUT2D eigenvalue weighted by molar-refractivity contribution is -0.141. The molecule has 3 rings (SSSR count). The van der Waals surface area contributed by atoms with Crippen LogP contribution in [0, 0.1) is 19.8 Å². The molecule has 0 aliphatic carbocycles. The minimum Gasteiger partial charge on any atom is -0.480 e. The van der Waals surface area contributed by atoms with Gasteiger partial charge in [0, 0.05) is 41.3 Å². The second-order valence-corrected chi connectivity index (χ2v) is 7.92. The highest BCUT2D eigenvalue weighted by atomic mass is 16.4. The third-order valence-corrected chi connectivity index (χ3v) is 5.14. The number of nitrogens with one attached hydrogen (secondary N) is 2. The lowest BCUT2D eigenvalue weighted by atomic mass is 10.0. The maximum absolute atomic E-state index is 12.6. The molecule has 0 spiro atoms. The van der Waals surface area contributed by atoms with Gasteiger partial charge in [-0.1, -0.05) is 32.0 Å². The van der Waals surface area contributed by atoms with Crippen LogP contribution in [0.25, 0.3) is 10.9 Å². The number of aliphatic carboxylic acids is 1. The van der Waals surface area contributed by atoms with Crippen LogP contribution < -0.4 is 5.32 Å². The van der Waals surface area contributed by atoms with E-state index in [0.717, 1.165) is 40.0 Å². The number of H-pyrrole nitrogens is 1. The highest BCUT2D eigenvalue weighted by Crippen LogP contribution is 2.20. The zero-order valence-electron chi connectivity index (χ0n) is 17.3. The van der Waals surface area contributed by atoms with Crippen molar-refractivity contribution in [2.24, 2.45) is 5.92 Å². The average molecular weight is 396 g/mol. The summed E-state index contributed by atoms with van der Waals surface area (Å²) in [5, 5.41) is 17.8. The zero-order valence-corrected chi connectivity index (χ0v) is 17.3. The first kappa shape index (κ1) is 20.6. The molecule has 1 aromatic carbocycles. The standard InChI is InChI=1S/C22H28N4O3/c1-13(2)12-26-15(4)18(14(3)25-26)10-21(27)24-20(22(28)29)9-16-11-23-19-8-6-5-7-17(16)19/h5-8,11,13,20,23H,9-10,12H2,1-4H3,(H,24,27)(H,28,29). The van der Waals surface area contributed by atoms with E-state index in [1.54, 1.807) is 6.20 Å². The second-order valence-electron chi connectivity index (χ2n) is 7.92. The monoisotopic (exact) mass is 396 g/mol. The third kappa shape index (κ3) is 4.67. The van der Waals surface area contributed by atoms with Gasteiger partial charge in [-0.25, -0.2) is 4.79 Å². The van der Waals surface area contributed by atoms with Crippen molar-refractivity contribution >= 4 is 22.8 Å². The van der Waals surface area contributed by atoms with Crippen molar-refractivity contribution in [2.75, 3.05) is 0 Å². The lowest BCUT2D eigenvalue weighted by Gasteiger charge is -2.14. The molecule has 7 heteroatoms. The minimum atomic E-state index is -1.05. The summed E-state index contributed by atoms with van der Waals surface area (Å²) >= 11 is 0. The van der Waals surface area contributed by atoms with Gasteiger partial charge in [-0.15, -0.1) is 0 Å². The molecular formula is C22H28N4O3. The number of nitrogens with zero attached hydrogens (tertiary/aromatic N) is 2. The van der Waals surface area contributed by atoms with E-state index in [9.17, 15) is 14.7 Å². The second kappa shape index (κ2) is 8.51. The Morgan fingerprint density at radius 1 is 1.24 bits per heavy atom. The van der Waals surface area contributed by atoms with Gasteiger partial charge < -0.3 is 15.4 Å². The van der Waals surface area contributed by atoms with Gasteiger partial charge in [-0.05, 0) is 31.4 Å². The molecule has 7 nitrogen and oxygen atoms in total. The van der Waals surface area contributed by atoms with Crippen LogP contribution in [-0.4, -0.2) is 37.8 Å². The number of fused-ring (bicyclic) bond motifs is 1. The number of hydrogen-bond donors (Lipinski definition) is 3.